The molecule has 3 aliphatic carbocycles. The molecule has 0 radical (unpaired) electrons. The van der Waals surface area contributed by atoms with Gasteiger partial charge in [-0.05, 0) is 81.5 Å². The van der Waals surface area contributed by atoms with E-state index in [1.165, 1.54) is 77.8 Å². The van der Waals surface area contributed by atoms with Gasteiger partial charge in [0.15, 0.2) is 0 Å². The fourth-order valence-corrected chi connectivity index (χ4v) is 5.40. The molecule has 1 heterocycles. The molecule has 1 saturated heterocycles. The maximum absolute atomic E-state index is 3.91. The molecular weight excluding hydrogens is 306 g/mol. The van der Waals surface area contributed by atoms with Gasteiger partial charge in [-0.2, -0.15) is 0 Å². The summed E-state index contributed by atoms with van der Waals surface area (Å²) in [5, 5.41) is 3.91. The Morgan fingerprint density at radius 3 is 2.76 bits per heavy atom. The standard InChI is InChI=1S/C22H37N3/c1-18-5-7-19(8-6-18)22-10-9-21(20(22)17-22)23-11-3-4-12-25-15-13-24(2)14-16-25/h5,7-8,18,20-21,23H,3-4,6,9-17H2,1-2H3/t18?,20?,21-,22?/m1/s1. The summed E-state index contributed by atoms with van der Waals surface area (Å²) in [7, 11) is 2.24. The lowest BCUT2D eigenvalue weighted by Crippen LogP contribution is -2.44. The summed E-state index contributed by atoms with van der Waals surface area (Å²) < 4.78 is 0. The fourth-order valence-electron chi connectivity index (χ4n) is 5.40. The predicted molar refractivity (Wildman–Crippen MR) is 106 cm³/mol. The van der Waals surface area contributed by atoms with Crippen LogP contribution in [0.3, 0.4) is 0 Å². The quantitative estimate of drug-likeness (QED) is 0.716. The molecule has 0 aromatic rings. The Hall–Kier alpha value is -0.640. The Morgan fingerprint density at radius 2 is 2.04 bits per heavy atom. The van der Waals surface area contributed by atoms with E-state index in [0.717, 1.165) is 17.9 Å². The normalized spacial score (nSPS) is 38.6. The van der Waals surface area contributed by atoms with Crippen molar-refractivity contribution < 1.29 is 0 Å². The average molecular weight is 344 g/mol. The van der Waals surface area contributed by atoms with Gasteiger partial charge in [-0.1, -0.05) is 25.2 Å². The lowest BCUT2D eigenvalue weighted by Gasteiger charge is -2.32. The minimum atomic E-state index is 0.578. The Labute approximate surface area is 154 Å². The van der Waals surface area contributed by atoms with Crippen LogP contribution in [0.15, 0.2) is 23.8 Å². The summed E-state index contributed by atoms with van der Waals surface area (Å²) in [5.74, 6) is 1.67. The van der Waals surface area contributed by atoms with Crippen LogP contribution in [0.4, 0.5) is 0 Å². The number of likely N-dealkylation sites (N-methyl/N-ethyl adjacent to an activating group) is 1. The molecule has 0 aromatic carbocycles. The maximum atomic E-state index is 3.91. The van der Waals surface area contributed by atoms with Crippen LogP contribution in [0, 0.1) is 17.3 Å². The number of fused-ring (bicyclic) bond motifs is 1. The molecule has 3 fully saturated rings. The number of nitrogens with one attached hydrogen (secondary N) is 1. The van der Waals surface area contributed by atoms with Crippen molar-refractivity contribution in [2.75, 3.05) is 46.3 Å². The summed E-state index contributed by atoms with van der Waals surface area (Å²) in [5.41, 5.74) is 2.25. The third kappa shape index (κ3) is 3.89. The zero-order chi connectivity index (χ0) is 17.3. The van der Waals surface area contributed by atoms with Crippen molar-refractivity contribution in [3.63, 3.8) is 0 Å². The first-order valence-corrected chi connectivity index (χ1v) is 10.7. The number of hydrogen-bond donors (Lipinski definition) is 1. The Bertz CT molecular complexity index is 517. The van der Waals surface area contributed by atoms with E-state index >= 15 is 0 Å². The Balaban J connectivity index is 1.13. The lowest BCUT2D eigenvalue weighted by atomic mass is 9.86. The molecule has 0 spiro atoms. The van der Waals surface area contributed by atoms with Crippen molar-refractivity contribution in [2.45, 2.75) is 51.5 Å². The monoisotopic (exact) mass is 343 g/mol. The van der Waals surface area contributed by atoms with Crippen molar-refractivity contribution >= 4 is 0 Å². The van der Waals surface area contributed by atoms with Gasteiger partial charge < -0.3 is 15.1 Å². The van der Waals surface area contributed by atoms with Crippen LogP contribution in [0.5, 0.6) is 0 Å². The number of piperazine rings is 1. The van der Waals surface area contributed by atoms with Gasteiger partial charge in [0.1, 0.15) is 0 Å². The van der Waals surface area contributed by atoms with E-state index < -0.39 is 0 Å². The first-order chi connectivity index (χ1) is 12.2. The van der Waals surface area contributed by atoms with Crippen molar-refractivity contribution in [2.24, 2.45) is 17.3 Å². The molecule has 4 rings (SSSR count). The number of nitrogens with zero attached hydrogens (tertiary/aromatic N) is 2. The van der Waals surface area contributed by atoms with Crippen LogP contribution < -0.4 is 5.32 Å². The first-order valence-electron chi connectivity index (χ1n) is 10.7. The van der Waals surface area contributed by atoms with Crippen LogP contribution in [0.2, 0.25) is 0 Å². The molecule has 3 heteroatoms. The molecule has 3 unspecified atom stereocenters. The van der Waals surface area contributed by atoms with Crippen LogP contribution in [0.1, 0.15) is 45.4 Å². The smallest absolute Gasteiger partial charge is 0.0110 e. The van der Waals surface area contributed by atoms with Crippen molar-refractivity contribution in [3.05, 3.63) is 23.8 Å². The van der Waals surface area contributed by atoms with Gasteiger partial charge >= 0.3 is 0 Å². The van der Waals surface area contributed by atoms with E-state index in [-0.39, 0.29) is 0 Å². The third-order valence-corrected chi connectivity index (χ3v) is 7.31. The van der Waals surface area contributed by atoms with Crippen LogP contribution in [-0.4, -0.2) is 62.2 Å². The number of allylic oxidation sites excluding steroid dienone is 4. The fraction of sp³-hybridized carbons (Fsp3) is 0.818. The lowest BCUT2D eigenvalue weighted by molar-refractivity contribution is 0.152. The highest BCUT2D eigenvalue weighted by Crippen LogP contribution is 2.68. The molecule has 2 saturated carbocycles. The van der Waals surface area contributed by atoms with Gasteiger partial charge in [0.2, 0.25) is 0 Å². The number of unbranched alkanes of at least 4 members (excludes halogenated alkanes) is 1. The highest BCUT2D eigenvalue weighted by atomic mass is 15.2. The maximum Gasteiger partial charge on any atom is 0.0110 e. The second-order valence-corrected chi connectivity index (χ2v) is 9.15. The molecular formula is C22H37N3. The summed E-state index contributed by atoms with van der Waals surface area (Å²) in [4.78, 5) is 5.09. The van der Waals surface area contributed by atoms with Crippen LogP contribution in [0.25, 0.3) is 0 Å². The van der Waals surface area contributed by atoms with Gasteiger partial charge in [0.25, 0.3) is 0 Å². The first kappa shape index (κ1) is 17.8. The molecule has 0 aromatic heterocycles. The highest BCUT2D eigenvalue weighted by Gasteiger charge is 2.62. The van der Waals surface area contributed by atoms with Gasteiger partial charge in [0.05, 0.1) is 0 Å². The largest absolute Gasteiger partial charge is 0.314 e. The average Bonchev–Trinajstić information content (AvgIpc) is 3.26. The summed E-state index contributed by atoms with van der Waals surface area (Å²) in [6, 6.07) is 0.789. The molecule has 25 heavy (non-hydrogen) atoms. The van der Waals surface area contributed by atoms with Gasteiger partial charge in [-0.25, -0.2) is 0 Å². The van der Waals surface area contributed by atoms with E-state index in [2.05, 4.69) is 47.3 Å². The van der Waals surface area contributed by atoms with E-state index in [0.29, 0.717) is 5.41 Å². The minimum absolute atomic E-state index is 0.578. The van der Waals surface area contributed by atoms with Gasteiger partial charge in [-0.3, -0.25) is 0 Å². The predicted octanol–water partition coefficient (Wildman–Crippen LogP) is 3.29. The Kier molecular flexibility index (Phi) is 5.35. The molecule has 1 N–H and O–H groups in total. The minimum Gasteiger partial charge on any atom is -0.314 e. The van der Waals surface area contributed by atoms with Crippen LogP contribution >= 0.6 is 0 Å². The Morgan fingerprint density at radius 1 is 1.20 bits per heavy atom. The van der Waals surface area contributed by atoms with Gasteiger partial charge in [0, 0.05) is 32.2 Å². The topological polar surface area (TPSA) is 18.5 Å². The molecule has 4 aliphatic rings. The second kappa shape index (κ2) is 7.54. The number of hydrogen-bond acceptors (Lipinski definition) is 3. The van der Waals surface area contributed by atoms with Crippen molar-refractivity contribution in [3.8, 4) is 0 Å². The second-order valence-electron chi connectivity index (χ2n) is 9.15. The highest BCUT2D eigenvalue weighted by molar-refractivity contribution is 5.39. The van der Waals surface area contributed by atoms with E-state index in [9.17, 15) is 0 Å². The zero-order valence-corrected chi connectivity index (χ0v) is 16.3. The zero-order valence-electron chi connectivity index (χ0n) is 16.3. The van der Waals surface area contributed by atoms with E-state index in [1.807, 2.05) is 0 Å². The molecule has 4 atom stereocenters. The summed E-state index contributed by atoms with van der Waals surface area (Å²) >= 11 is 0. The van der Waals surface area contributed by atoms with E-state index in [1.54, 1.807) is 5.57 Å². The van der Waals surface area contributed by atoms with Crippen molar-refractivity contribution in [1.29, 1.82) is 0 Å². The van der Waals surface area contributed by atoms with Crippen molar-refractivity contribution in [1.82, 2.24) is 15.1 Å². The summed E-state index contributed by atoms with van der Waals surface area (Å²) in [6.07, 6.45) is 15.6. The SMILES string of the molecule is CC1C=CC(C23CC[C@@H](NCCCCN4CCN(C)CC4)C2C3)=CC1. The number of rotatable bonds is 7. The molecule has 3 nitrogen and oxygen atoms in total. The third-order valence-electron chi connectivity index (χ3n) is 7.31. The molecule has 0 amide bonds. The molecule has 0 bridgehead atoms. The van der Waals surface area contributed by atoms with E-state index in [4.69, 9.17) is 0 Å². The van der Waals surface area contributed by atoms with Gasteiger partial charge in [-0.15, -0.1) is 0 Å². The molecule has 140 valence electrons. The molecule has 1 aliphatic heterocycles. The summed E-state index contributed by atoms with van der Waals surface area (Å²) in [6.45, 7) is 9.85. The van der Waals surface area contributed by atoms with Crippen LogP contribution in [-0.2, 0) is 0 Å².